The number of hydrogen-bond acceptors (Lipinski definition) is 2. The summed E-state index contributed by atoms with van der Waals surface area (Å²) in [7, 11) is 0. The molecule has 0 radical (unpaired) electrons. The number of halogens is 3. The predicted molar refractivity (Wildman–Crippen MR) is 35.4 cm³/mol. The van der Waals surface area contributed by atoms with Crippen LogP contribution in [0.3, 0.4) is 0 Å². The summed E-state index contributed by atoms with van der Waals surface area (Å²) in [6.45, 7) is 0. The van der Waals surface area contributed by atoms with Crippen molar-refractivity contribution in [1.29, 1.82) is 0 Å². The van der Waals surface area contributed by atoms with E-state index in [0.717, 1.165) is 6.07 Å². The van der Waals surface area contributed by atoms with Gasteiger partial charge in [0.2, 0.25) is 0 Å². The lowest BCUT2D eigenvalue weighted by atomic mass is 10.4. The minimum atomic E-state index is -4.34. The Bertz CT molecular complexity index is 242. The molecule has 1 N–H and O–H groups in total. The summed E-state index contributed by atoms with van der Waals surface area (Å²) in [6, 6.07) is 0.977. The van der Waals surface area contributed by atoms with Gasteiger partial charge in [0.05, 0.1) is 5.03 Å². The van der Waals surface area contributed by atoms with Crippen molar-refractivity contribution in [2.24, 2.45) is 0 Å². The van der Waals surface area contributed by atoms with Crippen molar-refractivity contribution in [3.05, 3.63) is 11.8 Å². The van der Waals surface area contributed by atoms with Gasteiger partial charge in [-0.25, -0.2) is 0 Å². The van der Waals surface area contributed by atoms with Crippen LogP contribution in [-0.4, -0.2) is 16.5 Å². The summed E-state index contributed by atoms with van der Waals surface area (Å²) in [6.07, 6.45) is -2.67. The summed E-state index contributed by atoms with van der Waals surface area (Å²) in [5.74, 6) is 0. The number of nitrogens with one attached hydrogen (secondary N) is 1. The number of nitrogens with zero attached hydrogens (tertiary/aromatic N) is 1. The highest BCUT2D eigenvalue weighted by atomic mass is 32.2. The van der Waals surface area contributed by atoms with Gasteiger partial charge < -0.3 is 0 Å². The molecule has 2 nitrogen and oxygen atoms in total. The second-order valence-electron chi connectivity index (χ2n) is 1.82. The molecule has 0 atom stereocenters. The molecule has 0 aliphatic heterocycles. The van der Waals surface area contributed by atoms with E-state index in [1.165, 1.54) is 11.8 Å². The summed E-state index contributed by atoms with van der Waals surface area (Å²) in [5.41, 5.74) is -0.873. The first-order valence-electron chi connectivity index (χ1n) is 2.70. The molecule has 1 heterocycles. The topological polar surface area (TPSA) is 28.7 Å². The van der Waals surface area contributed by atoms with E-state index in [-0.39, 0.29) is 0 Å². The van der Waals surface area contributed by atoms with Gasteiger partial charge in [-0.2, -0.15) is 18.3 Å². The van der Waals surface area contributed by atoms with Crippen molar-refractivity contribution in [3.63, 3.8) is 0 Å². The summed E-state index contributed by atoms with van der Waals surface area (Å²) in [5, 5.41) is 5.76. The third-order valence-electron chi connectivity index (χ3n) is 1.06. The molecule has 6 heteroatoms. The zero-order chi connectivity index (χ0) is 8.48. The molecule has 11 heavy (non-hydrogen) atoms. The Labute approximate surface area is 65.2 Å². The van der Waals surface area contributed by atoms with Crippen molar-refractivity contribution in [1.82, 2.24) is 10.2 Å². The van der Waals surface area contributed by atoms with Crippen molar-refractivity contribution in [3.8, 4) is 0 Å². The normalized spacial score (nSPS) is 12.0. The molecule has 0 aliphatic carbocycles. The van der Waals surface area contributed by atoms with E-state index in [9.17, 15) is 13.2 Å². The number of rotatable bonds is 1. The Morgan fingerprint density at radius 1 is 1.55 bits per heavy atom. The molecular formula is C5H5F3N2S. The van der Waals surface area contributed by atoms with E-state index in [4.69, 9.17) is 0 Å². The van der Waals surface area contributed by atoms with Gasteiger partial charge in [0, 0.05) is 6.07 Å². The molecule has 0 aromatic carbocycles. The van der Waals surface area contributed by atoms with Crippen LogP contribution >= 0.6 is 11.8 Å². The number of thioether (sulfide) groups is 1. The van der Waals surface area contributed by atoms with E-state index in [2.05, 4.69) is 10.2 Å². The Hall–Kier alpha value is -0.650. The number of hydrogen-bond donors (Lipinski definition) is 1. The van der Waals surface area contributed by atoms with E-state index in [1.807, 2.05) is 0 Å². The lowest BCUT2D eigenvalue weighted by molar-refractivity contribution is -0.141. The quantitative estimate of drug-likeness (QED) is 0.674. The minimum absolute atomic E-state index is 0.414. The summed E-state index contributed by atoms with van der Waals surface area (Å²) in [4.78, 5) is 0. The molecule has 0 bridgehead atoms. The number of aromatic amines is 1. The van der Waals surface area contributed by atoms with E-state index in [1.54, 1.807) is 6.26 Å². The standard InChI is InChI=1S/C5H5F3N2S/c1-11-4-2-3(9-10-4)5(6,7)8/h2H,1H3,(H,9,10). The van der Waals surface area contributed by atoms with Crippen LogP contribution in [0.4, 0.5) is 13.2 Å². The van der Waals surface area contributed by atoms with Gasteiger partial charge in [0.1, 0.15) is 0 Å². The molecule has 0 saturated carbocycles. The monoisotopic (exact) mass is 182 g/mol. The Kier molecular flexibility index (Phi) is 2.12. The first kappa shape index (κ1) is 8.45. The average molecular weight is 182 g/mol. The van der Waals surface area contributed by atoms with Crippen LogP contribution in [0.25, 0.3) is 0 Å². The number of aromatic nitrogens is 2. The molecule has 0 fully saturated rings. The fourth-order valence-electron chi connectivity index (χ4n) is 0.554. The Morgan fingerprint density at radius 2 is 2.18 bits per heavy atom. The van der Waals surface area contributed by atoms with Gasteiger partial charge in [-0.3, -0.25) is 5.10 Å². The maximum absolute atomic E-state index is 11.8. The maximum atomic E-state index is 11.8. The van der Waals surface area contributed by atoms with Crippen LogP contribution in [0.5, 0.6) is 0 Å². The highest BCUT2D eigenvalue weighted by molar-refractivity contribution is 7.98. The third kappa shape index (κ3) is 1.89. The van der Waals surface area contributed by atoms with Crippen molar-refractivity contribution in [2.45, 2.75) is 11.2 Å². The molecule has 0 amide bonds. The van der Waals surface area contributed by atoms with Gasteiger partial charge in [-0.15, -0.1) is 11.8 Å². The largest absolute Gasteiger partial charge is 0.435 e. The highest BCUT2D eigenvalue weighted by Crippen LogP contribution is 2.29. The van der Waals surface area contributed by atoms with E-state index >= 15 is 0 Å². The first-order valence-corrected chi connectivity index (χ1v) is 3.93. The van der Waals surface area contributed by atoms with Gasteiger partial charge in [0.25, 0.3) is 0 Å². The van der Waals surface area contributed by atoms with Gasteiger partial charge in [0.15, 0.2) is 5.69 Å². The number of H-pyrrole nitrogens is 1. The van der Waals surface area contributed by atoms with Crippen molar-refractivity contribution < 1.29 is 13.2 Å². The van der Waals surface area contributed by atoms with Crippen LogP contribution in [0, 0.1) is 0 Å². The molecule has 0 saturated heterocycles. The lowest BCUT2D eigenvalue weighted by Gasteiger charge is -1.98. The molecule has 0 aliphatic rings. The second-order valence-corrected chi connectivity index (χ2v) is 2.67. The Balaban J connectivity index is 2.89. The minimum Gasteiger partial charge on any atom is -0.271 e. The van der Waals surface area contributed by atoms with Gasteiger partial charge in [-0.05, 0) is 6.26 Å². The molecule has 0 spiro atoms. The molecule has 1 aromatic rings. The molecule has 62 valence electrons. The summed E-state index contributed by atoms with van der Waals surface area (Å²) >= 11 is 1.19. The van der Waals surface area contributed by atoms with Gasteiger partial charge in [-0.1, -0.05) is 0 Å². The molecular weight excluding hydrogens is 177 g/mol. The fourth-order valence-corrected chi connectivity index (χ4v) is 0.920. The number of alkyl halides is 3. The Morgan fingerprint density at radius 3 is 2.45 bits per heavy atom. The SMILES string of the molecule is CSc1cc(C(F)(F)F)n[nH]1. The first-order chi connectivity index (χ1) is 5.04. The third-order valence-corrected chi connectivity index (χ3v) is 1.71. The summed E-state index contributed by atoms with van der Waals surface area (Å²) < 4.78 is 35.5. The van der Waals surface area contributed by atoms with Crippen LogP contribution in [-0.2, 0) is 6.18 Å². The smallest absolute Gasteiger partial charge is 0.271 e. The van der Waals surface area contributed by atoms with E-state index < -0.39 is 11.9 Å². The molecule has 1 aromatic heterocycles. The van der Waals surface area contributed by atoms with Crippen molar-refractivity contribution >= 4 is 11.8 Å². The van der Waals surface area contributed by atoms with Crippen LogP contribution < -0.4 is 0 Å². The highest BCUT2D eigenvalue weighted by Gasteiger charge is 2.33. The predicted octanol–water partition coefficient (Wildman–Crippen LogP) is 2.15. The zero-order valence-corrected chi connectivity index (χ0v) is 6.38. The zero-order valence-electron chi connectivity index (χ0n) is 5.57. The molecule has 0 unspecified atom stereocenters. The lowest BCUT2D eigenvalue weighted by Crippen LogP contribution is -2.04. The second kappa shape index (κ2) is 2.77. The average Bonchev–Trinajstić information content (AvgIpc) is 2.32. The fraction of sp³-hybridized carbons (Fsp3) is 0.400. The van der Waals surface area contributed by atoms with Gasteiger partial charge >= 0.3 is 6.18 Å². The van der Waals surface area contributed by atoms with Crippen molar-refractivity contribution in [2.75, 3.05) is 6.26 Å². The van der Waals surface area contributed by atoms with Crippen LogP contribution in [0.2, 0.25) is 0 Å². The maximum Gasteiger partial charge on any atom is 0.435 e. The van der Waals surface area contributed by atoms with E-state index in [0.29, 0.717) is 5.03 Å². The van der Waals surface area contributed by atoms with Crippen LogP contribution in [0.1, 0.15) is 5.69 Å². The van der Waals surface area contributed by atoms with Crippen LogP contribution in [0.15, 0.2) is 11.1 Å². The molecule has 1 rings (SSSR count).